The number of rotatable bonds is 4. The van der Waals surface area contributed by atoms with Crippen LogP contribution in [0.15, 0.2) is 36.7 Å². The fourth-order valence-corrected chi connectivity index (χ4v) is 1.71. The molecule has 3 N–H and O–H groups in total. The van der Waals surface area contributed by atoms with Crippen molar-refractivity contribution in [3.63, 3.8) is 0 Å². The molecule has 0 atom stereocenters. The molecule has 2 rings (SSSR count). The molecule has 106 valence electrons. The highest BCUT2D eigenvalue weighted by Crippen LogP contribution is 2.24. The Balaban J connectivity index is 1.96. The fraction of sp³-hybridized carbons (Fsp3) is 0.333. The predicted molar refractivity (Wildman–Crippen MR) is 79.3 cm³/mol. The van der Waals surface area contributed by atoms with Gasteiger partial charge in [-0.15, -0.1) is 0 Å². The first-order valence-electron chi connectivity index (χ1n) is 6.50. The second-order valence-corrected chi connectivity index (χ2v) is 5.60. The molecule has 0 bridgehead atoms. The summed E-state index contributed by atoms with van der Waals surface area (Å²) in [5.41, 5.74) is 4.62. The summed E-state index contributed by atoms with van der Waals surface area (Å²) in [4.78, 5) is 8.27. The standard InChI is InChI=1S/C15H20N4O/c1-15(2,3)11-4-6-13(7-5-11)20-10-12-8-18-14(19-16)9-17-12/h4-9H,10,16H2,1-3H3,(H,18,19). The van der Waals surface area contributed by atoms with Crippen LogP contribution in [0.2, 0.25) is 0 Å². The molecule has 2 aromatic rings. The number of nitrogens with one attached hydrogen (secondary N) is 1. The molecule has 0 saturated heterocycles. The number of hydrogen-bond donors (Lipinski definition) is 2. The zero-order valence-corrected chi connectivity index (χ0v) is 12.1. The van der Waals surface area contributed by atoms with Crippen LogP contribution in [-0.4, -0.2) is 9.97 Å². The lowest BCUT2D eigenvalue weighted by Gasteiger charge is -2.19. The Bertz CT molecular complexity index is 544. The molecule has 0 fully saturated rings. The van der Waals surface area contributed by atoms with Crippen LogP contribution in [0.5, 0.6) is 5.75 Å². The van der Waals surface area contributed by atoms with Crippen LogP contribution in [0.25, 0.3) is 0 Å². The Hall–Kier alpha value is -2.14. The normalized spacial score (nSPS) is 11.2. The molecule has 0 radical (unpaired) electrons. The van der Waals surface area contributed by atoms with Crippen molar-refractivity contribution >= 4 is 5.82 Å². The average molecular weight is 272 g/mol. The topological polar surface area (TPSA) is 73.1 Å². The molecule has 0 amide bonds. The number of nitrogens with two attached hydrogens (primary N) is 1. The first-order valence-corrected chi connectivity index (χ1v) is 6.50. The third kappa shape index (κ3) is 3.68. The molecule has 0 saturated carbocycles. The minimum atomic E-state index is 0.148. The van der Waals surface area contributed by atoms with Gasteiger partial charge in [-0.3, -0.25) is 4.98 Å². The van der Waals surface area contributed by atoms with Crippen molar-refractivity contribution < 1.29 is 4.74 Å². The Morgan fingerprint density at radius 2 is 1.80 bits per heavy atom. The van der Waals surface area contributed by atoms with Gasteiger partial charge < -0.3 is 10.2 Å². The SMILES string of the molecule is CC(C)(C)c1ccc(OCc2cnc(NN)cn2)cc1. The summed E-state index contributed by atoms with van der Waals surface area (Å²) in [5.74, 6) is 6.58. The summed E-state index contributed by atoms with van der Waals surface area (Å²) >= 11 is 0. The Labute approximate surface area is 119 Å². The van der Waals surface area contributed by atoms with Crippen LogP contribution < -0.4 is 16.0 Å². The molecule has 0 aliphatic rings. The molecule has 0 aliphatic heterocycles. The largest absolute Gasteiger partial charge is 0.487 e. The number of aromatic nitrogens is 2. The summed E-state index contributed by atoms with van der Waals surface area (Å²) in [7, 11) is 0. The molecule has 5 nitrogen and oxygen atoms in total. The quantitative estimate of drug-likeness (QED) is 0.661. The highest BCUT2D eigenvalue weighted by atomic mass is 16.5. The van der Waals surface area contributed by atoms with E-state index >= 15 is 0 Å². The van der Waals surface area contributed by atoms with Crippen molar-refractivity contribution in [1.29, 1.82) is 0 Å². The van der Waals surface area contributed by atoms with E-state index in [1.54, 1.807) is 12.4 Å². The maximum atomic E-state index is 5.68. The van der Waals surface area contributed by atoms with E-state index in [4.69, 9.17) is 10.6 Å². The van der Waals surface area contributed by atoms with Crippen molar-refractivity contribution in [1.82, 2.24) is 9.97 Å². The molecular formula is C15H20N4O. The summed E-state index contributed by atoms with van der Waals surface area (Å²) in [6.45, 7) is 6.94. The molecule has 1 aromatic carbocycles. The zero-order valence-electron chi connectivity index (χ0n) is 12.1. The van der Waals surface area contributed by atoms with Crippen LogP contribution in [0.3, 0.4) is 0 Å². The van der Waals surface area contributed by atoms with Gasteiger partial charge >= 0.3 is 0 Å². The van der Waals surface area contributed by atoms with Gasteiger partial charge in [0.25, 0.3) is 0 Å². The summed E-state index contributed by atoms with van der Waals surface area (Å²) in [6, 6.07) is 8.12. The van der Waals surface area contributed by atoms with Gasteiger partial charge in [0, 0.05) is 0 Å². The monoisotopic (exact) mass is 272 g/mol. The number of hydrazine groups is 1. The summed E-state index contributed by atoms with van der Waals surface area (Å²) in [6.07, 6.45) is 3.21. The van der Waals surface area contributed by atoms with Crippen LogP contribution in [0, 0.1) is 0 Å². The van der Waals surface area contributed by atoms with Crippen molar-refractivity contribution in [3.8, 4) is 5.75 Å². The van der Waals surface area contributed by atoms with Gasteiger partial charge in [0.2, 0.25) is 0 Å². The smallest absolute Gasteiger partial charge is 0.158 e. The Morgan fingerprint density at radius 1 is 1.10 bits per heavy atom. The Morgan fingerprint density at radius 3 is 2.30 bits per heavy atom. The van der Waals surface area contributed by atoms with Crippen LogP contribution in [0.1, 0.15) is 32.0 Å². The molecule has 0 spiro atoms. The maximum Gasteiger partial charge on any atom is 0.158 e. The van der Waals surface area contributed by atoms with Crippen molar-refractivity contribution in [2.75, 3.05) is 5.43 Å². The van der Waals surface area contributed by atoms with Crippen molar-refractivity contribution in [3.05, 3.63) is 47.9 Å². The van der Waals surface area contributed by atoms with E-state index in [0.29, 0.717) is 12.4 Å². The number of benzene rings is 1. The van der Waals surface area contributed by atoms with E-state index in [1.165, 1.54) is 5.56 Å². The molecule has 0 aliphatic carbocycles. The average Bonchev–Trinajstić information content (AvgIpc) is 2.45. The number of anilines is 1. The molecule has 1 aromatic heterocycles. The van der Waals surface area contributed by atoms with Crippen molar-refractivity contribution in [2.45, 2.75) is 32.8 Å². The van der Waals surface area contributed by atoms with Gasteiger partial charge in [0.1, 0.15) is 12.4 Å². The van der Waals surface area contributed by atoms with E-state index in [9.17, 15) is 0 Å². The lowest BCUT2D eigenvalue weighted by molar-refractivity contribution is 0.300. The van der Waals surface area contributed by atoms with Gasteiger partial charge in [-0.1, -0.05) is 32.9 Å². The molecule has 5 heteroatoms. The van der Waals surface area contributed by atoms with Gasteiger partial charge in [-0.2, -0.15) is 0 Å². The maximum absolute atomic E-state index is 5.68. The first-order chi connectivity index (χ1) is 9.49. The summed E-state index contributed by atoms with van der Waals surface area (Å²) < 4.78 is 5.68. The van der Waals surface area contributed by atoms with E-state index in [0.717, 1.165) is 11.4 Å². The number of nitrogens with zero attached hydrogens (tertiary/aromatic N) is 2. The van der Waals surface area contributed by atoms with E-state index < -0.39 is 0 Å². The summed E-state index contributed by atoms with van der Waals surface area (Å²) in [5, 5.41) is 0. The third-order valence-electron chi connectivity index (χ3n) is 2.96. The minimum absolute atomic E-state index is 0.148. The van der Waals surface area contributed by atoms with Gasteiger partial charge in [0.05, 0.1) is 18.1 Å². The first kappa shape index (κ1) is 14.3. The van der Waals surface area contributed by atoms with Gasteiger partial charge in [0.15, 0.2) is 5.82 Å². The minimum Gasteiger partial charge on any atom is -0.487 e. The molecule has 20 heavy (non-hydrogen) atoms. The lowest BCUT2D eigenvalue weighted by atomic mass is 9.87. The number of hydrogen-bond acceptors (Lipinski definition) is 5. The third-order valence-corrected chi connectivity index (χ3v) is 2.96. The lowest BCUT2D eigenvalue weighted by Crippen LogP contribution is -2.10. The second-order valence-electron chi connectivity index (χ2n) is 5.60. The molecule has 0 unspecified atom stereocenters. The van der Waals surface area contributed by atoms with Gasteiger partial charge in [-0.05, 0) is 23.1 Å². The molecular weight excluding hydrogens is 252 g/mol. The van der Waals surface area contributed by atoms with Crippen LogP contribution >= 0.6 is 0 Å². The van der Waals surface area contributed by atoms with Gasteiger partial charge in [-0.25, -0.2) is 10.8 Å². The molecule has 1 heterocycles. The number of nitrogen functional groups attached to an aromatic ring is 1. The van der Waals surface area contributed by atoms with E-state index in [-0.39, 0.29) is 5.41 Å². The van der Waals surface area contributed by atoms with E-state index in [2.05, 4.69) is 48.3 Å². The van der Waals surface area contributed by atoms with Crippen LogP contribution in [-0.2, 0) is 12.0 Å². The Kier molecular flexibility index (Phi) is 4.20. The fourth-order valence-electron chi connectivity index (χ4n) is 1.71. The van der Waals surface area contributed by atoms with Crippen LogP contribution in [0.4, 0.5) is 5.82 Å². The predicted octanol–water partition coefficient (Wildman–Crippen LogP) is 2.64. The van der Waals surface area contributed by atoms with E-state index in [1.807, 2.05) is 12.1 Å². The highest BCUT2D eigenvalue weighted by molar-refractivity contribution is 5.31. The number of ether oxygens (including phenoxy) is 1. The second kappa shape index (κ2) is 5.88. The van der Waals surface area contributed by atoms with Crippen molar-refractivity contribution in [2.24, 2.45) is 5.84 Å². The zero-order chi connectivity index (χ0) is 14.6. The highest BCUT2D eigenvalue weighted by Gasteiger charge is 2.12.